The summed E-state index contributed by atoms with van der Waals surface area (Å²) in [6, 6.07) is 1.54. The van der Waals surface area contributed by atoms with E-state index in [0.717, 1.165) is 13.0 Å². The van der Waals surface area contributed by atoms with Crippen molar-refractivity contribution in [2.24, 2.45) is 0 Å². The first-order chi connectivity index (χ1) is 6.18. The molecule has 0 radical (unpaired) electrons. The van der Waals surface area contributed by atoms with E-state index in [1.807, 2.05) is 0 Å². The fourth-order valence-electron chi connectivity index (χ4n) is 2.76. The highest BCUT2D eigenvalue weighted by Crippen LogP contribution is 2.28. The normalized spacial score (nSPS) is 38.9. The Morgan fingerprint density at radius 1 is 1.46 bits per heavy atom. The molecule has 0 aromatic heterocycles. The lowest BCUT2D eigenvalue weighted by Gasteiger charge is -2.32. The molecular weight excluding hydrogens is 164 g/mol. The molecule has 1 N–H and O–H groups in total. The van der Waals surface area contributed by atoms with Crippen LogP contribution < -0.4 is 5.32 Å². The van der Waals surface area contributed by atoms with Gasteiger partial charge in [0.1, 0.15) is 0 Å². The van der Waals surface area contributed by atoms with Gasteiger partial charge in [0.05, 0.1) is 0 Å². The van der Waals surface area contributed by atoms with Crippen molar-refractivity contribution < 1.29 is 4.79 Å². The molecular formula is C10H18N2O. The van der Waals surface area contributed by atoms with Gasteiger partial charge in [-0.1, -0.05) is 0 Å². The second-order valence-corrected chi connectivity index (χ2v) is 4.35. The van der Waals surface area contributed by atoms with E-state index < -0.39 is 0 Å². The standard InChI is InChI=1S/C10H18N2O/c1-7-6-11-9-3-4-10(5-9)12(7)8(2)13/h7,9-11H,3-6H2,1-2H3. The highest BCUT2D eigenvalue weighted by Gasteiger charge is 2.35. The van der Waals surface area contributed by atoms with Crippen LogP contribution in [-0.4, -0.2) is 35.5 Å². The number of nitrogens with one attached hydrogen (secondary N) is 1. The molecule has 0 spiro atoms. The molecule has 1 saturated heterocycles. The summed E-state index contributed by atoms with van der Waals surface area (Å²) in [5.74, 6) is 0.238. The lowest BCUT2D eigenvalue weighted by atomic mass is 10.1. The number of carbonyl (C=O) groups excluding carboxylic acids is 1. The molecule has 1 aliphatic carbocycles. The summed E-state index contributed by atoms with van der Waals surface area (Å²) in [6.07, 6.45) is 3.58. The maximum Gasteiger partial charge on any atom is 0.219 e. The summed E-state index contributed by atoms with van der Waals surface area (Å²) in [6.45, 7) is 4.78. The number of amides is 1. The molecule has 1 saturated carbocycles. The van der Waals surface area contributed by atoms with E-state index in [2.05, 4.69) is 17.1 Å². The van der Waals surface area contributed by atoms with Crippen LogP contribution in [-0.2, 0) is 4.79 Å². The Bertz CT molecular complexity index is 217. The minimum absolute atomic E-state index is 0.238. The Morgan fingerprint density at radius 2 is 2.23 bits per heavy atom. The predicted molar refractivity (Wildman–Crippen MR) is 51.4 cm³/mol. The average molecular weight is 182 g/mol. The maximum absolute atomic E-state index is 11.4. The van der Waals surface area contributed by atoms with Crippen LogP contribution in [0.15, 0.2) is 0 Å². The summed E-state index contributed by atoms with van der Waals surface area (Å²) < 4.78 is 0. The van der Waals surface area contributed by atoms with Crippen molar-refractivity contribution in [3.05, 3.63) is 0 Å². The second-order valence-electron chi connectivity index (χ2n) is 4.35. The van der Waals surface area contributed by atoms with Gasteiger partial charge in [-0.2, -0.15) is 0 Å². The molecule has 2 fully saturated rings. The SMILES string of the molecule is CC(=O)N1C(C)CNC2CCC1C2. The van der Waals surface area contributed by atoms with Crippen LogP contribution in [0.1, 0.15) is 33.1 Å². The van der Waals surface area contributed by atoms with Crippen molar-refractivity contribution in [1.82, 2.24) is 10.2 Å². The van der Waals surface area contributed by atoms with Crippen molar-refractivity contribution in [1.29, 1.82) is 0 Å². The molecule has 3 heteroatoms. The van der Waals surface area contributed by atoms with Gasteiger partial charge in [-0.3, -0.25) is 4.79 Å². The molecule has 3 nitrogen and oxygen atoms in total. The Balaban J connectivity index is 2.16. The lowest BCUT2D eigenvalue weighted by Crippen LogP contribution is -2.46. The fourth-order valence-corrected chi connectivity index (χ4v) is 2.76. The van der Waals surface area contributed by atoms with Gasteiger partial charge in [0, 0.05) is 31.6 Å². The lowest BCUT2D eigenvalue weighted by molar-refractivity contribution is -0.133. The van der Waals surface area contributed by atoms with Crippen molar-refractivity contribution in [3.8, 4) is 0 Å². The Labute approximate surface area is 79.5 Å². The Morgan fingerprint density at radius 3 is 2.92 bits per heavy atom. The Kier molecular flexibility index (Phi) is 2.28. The van der Waals surface area contributed by atoms with Crippen LogP contribution in [0.2, 0.25) is 0 Å². The number of rotatable bonds is 0. The van der Waals surface area contributed by atoms with E-state index in [-0.39, 0.29) is 5.91 Å². The summed E-state index contributed by atoms with van der Waals surface area (Å²) >= 11 is 0. The molecule has 3 atom stereocenters. The van der Waals surface area contributed by atoms with Gasteiger partial charge in [-0.25, -0.2) is 0 Å². The average Bonchev–Trinajstić information content (AvgIpc) is 2.41. The smallest absolute Gasteiger partial charge is 0.219 e. The van der Waals surface area contributed by atoms with Crippen LogP contribution in [0.5, 0.6) is 0 Å². The van der Waals surface area contributed by atoms with Crippen LogP contribution in [0.25, 0.3) is 0 Å². The second kappa shape index (κ2) is 3.29. The number of fused-ring (bicyclic) bond motifs is 2. The van der Waals surface area contributed by atoms with Crippen LogP contribution in [0.4, 0.5) is 0 Å². The zero-order valence-corrected chi connectivity index (χ0v) is 8.42. The number of hydrogen-bond donors (Lipinski definition) is 1. The van der Waals surface area contributed by atoms with Crippen molar-refractivity contribution in [3.63, 3.8) is 0 Å². The van der Waals surface area contributed by atoms with E-state index in [1.54, 1.807) is 6.92 Å². The molecule has 0 aromatic rings. The first-order valence-electron chi connectivity index (χ1n) is 5.20. The molecule has 2 rings (SSSR count). The number of hydrogen-bond acceptors (Lipinski definition) is 2. The highest BCUT2D eigenvalue weighted by atomic mass is 16.2. The van der Waals surface area contributed by atoms with Crippen molar-refractivity contribution >= 4 is 5.91 Å². The molecule has 2 bridgehead atoms. The first-order valence-corrected chi connectivity index (χ1v) is 5.20. The largest absolute Gasteiger partial charge is 0.336 e. The Hall–Kier alpha value is -0.570. The van der Waals surface area contributed by atoms with Crippen molar-refractivity contribution in [2.75, 3.05) is 6.54 Å². The molecule has 1 heterocycles. The summed E-state index contributed by atoms with van der Waals surface area (Å²) in [4.78, 5) is 13.5. The molecule has 3 unspecified atom stereocenters. The predicted octanol–water partition coefficient (Wildman–Crippen LogP) is 0.748. The molecule has 0 aromatic carbocycles. The monoisotopic (exact) mass is 182 g/mol. The molecule has 2 aliphatic rings. The van der Waals surface area contributed by atoms with Gasteiger partial charge >= 0.3 is 0 Å². The van der Waals surface area contributed by atoms with E-state index in [1.165, 1.54) is 12.8 Å². The van der Waals surface area contributed by atoms with Gasteiger partial charge in [0.15, 0.2) is 0 Å². The summed E-state index contributed by atoms with van der Waals surface area (Å²) in [5, 5.41) is 3.51. The quantitative estimate of drug-likeness (QED) is 0.599. The first kappa shape index (κ1) is 9.00. The van der Waals surface area contributed by atoms with Gasteiger partial charge in [-0.05, 0) is 26.2 Å². The van der Waals surface area contributed by atoms with E-state index in [9.17, 15) is 4.79 Å². The van der Waals surface area contributed by atoms with E-state index in [4.69, 9.17) is 0 Å². The summed E-state index contributed by atoms with van der Waals surface area (Å²) in [7, 11) is 0. The van der Waals surface area contributed by atoms with Gasteiger partial charge in [0.2, 0.25) is 5.91 Å². The third-order valence-electron chi connectivity index (χ3n) is 3.34. The molecule has 74 valence electrons. The van der Waals surface area contributed by atoms with Gasteiger partial charge < -0.3 is 10.2 Å². The molecule has 1 amide bonds. The third kappa shape index (κ3) is 1.57. The molecule has 13 heavy (non-hydrogen) atoms. The van der Waals surface area contributed by atoms with E-state index >= 15 is 0 Å². The van der Waals surface area contributed by atoms with E-state index in [0.29, 0.717) is 18.1 Å². The van der Waals surface area contributed by atoms with Gasteiger partial charge in [-0.15, -0.1) is 0 Å². The minimum Gasteiger partial charge on any atom is -0.336 e. The van der Waals surface area contributed by atoms with Crippen molar-refractivity contribution in [2.45, 2.75) is 51.2 Å². The van der Waals surface area contributed by atoms with Crippen LogP contribution >= 0.6 is 0 Å². The minimum atomic E-state index is 0.238. The third-order valence-corrected chi connectivity index (χ3v) is 3.34. The highest BCUT2D eigenvalue weighted by molar-refractivity contribution is 5.74. The maximum atomic E-state index is 11.4. The molecule has 1 aliphatic heterocycles. The van der Waals surface area contributed by atoms with Gasteiger partial charge in [0.25, 0.3) is 0 Å². The van der Waals surface area contributed by atoms with Crippen LogP contribution in [0.3, 0.4) is 0 Å². The topological polar surface area (TPSA) is 32.3 Å². The summed E-state index contributed by atoms with van der Waals surface area (Å²) in [5.41, 5.74) is 0. The zero-order chi connectivity index (χ0) is 9.42. The number of carbonyl (C=O) groups is 1. The number of nitrogens with zero attached hydrogens (tertiary/aromatic N) is 1. The van der Waals surface area contributed by atoms with Crippen LogP contribution in [0, 0.1) is 0 Å². The fraction of sp³-hybridized carbons (Fsp3) is 0.900. The zero-order valence-electron chi connectivity index (χ0n) is 8.42.